The lowest BCUT2D eigenvalue weighted by atomic mass is 10.00. The highest BCUT2D eigenvalue weighted by atomic mass is 32.1. The van der Waals surface area contributed by atoms with Gasteiger partial charge in [-0.05, 0) is 11.5 Å². The van der Waals surface area contributed by atoms with Crippen LogP contribution in [0, 0.1) is 0 Å². The lowest BCUT2D eigenvalue weighted by Crippen LogP contribution is -2.02. The van der Waals surface area contributed by atoms with Crippen LogP contribution in [0.1, 0.15) is 40.6 Å². The van der Waals surface area contributed by atoms with Crippen LogP contribution in [-0.4, -0.2) is 10.8 Å². The first-order valence-corrected chi connectivity index (χ1v) is 6.55. The minimum absolute atomic E-state index is 0.157. The minimum Gasteiger partial charge on any atom is -0.294 e. The molecule has 0 bridgehead atoms. The highest BCUT2D eigenvalue weighted by molar-refractivity contribution is 7.09. The SMILES string of the molecule is CC(C)c1ccc(C(=O)Cc2cncs2)cc1. The highest BCUT2D eigenvalue weighted by Gasteiger charge is 2.08. The summed E-state index contributed by atoms with van der Waals surface area (Å²) < 4.78 is 0. The molecule has 1 heterocycles. The van der Waals surface area contributed by atoms with Gasteiger partial charge in [0, 0.05) is 23.1 Å². The van der Waals surface area contributed by atoms with E-state index in [1.165, 1.54) is 16.9 Å². The Kier molecular flexibility index (Phi) is 3.69. The minimum atomic E-state index is 0.157. The average molecular weight is 245 g/mol. The number of hydrogen-bond donors (Lipinski definition) is 0. The number of ketones is 1. The van der Waals surface area contributed by atoms with Crippen LogP contribution in [0.5, 0.6) is 0 Å². The van der Waals surface area contributed by atoms with Crippen LogP contribution in [0.2, 0.25) is 0 Å². The van der Waals surface area contributed by atoms with Crippen LogP contribution in [0.4, 0.5) is 0 Å². The van der Waals surface area contributed by atoms with Crippen molar-refractivity contribution in [2.75, 3.05) is 0 Å². The van der Waals surface area contributed by atoms with Crippen LogP contribution in [0.3, 0.4) is 0 Å². The number of aromatic nitrogens is 1. The maximum absolute atomic E-state index is 12.0. The third-order valence-corrected chi connectivity index (χ3v) is 3.50. The molecule has 1 aromatic heterocycles. The topological polar surface area (TPSA) is 30.0 Å². The van der Waals surface area contributed by atoms with Gasteiger partial charge in [0.2, 0.25) is 0 Å². The van der Waals surface area contributed by atoms with Crippen molar-refractivity contribution in [1.82, 2.24) is 4.98 Å². The predicted octanol–water partition coefficient (Wildman–Crippen LogP) is 3.69. The lowest BCUT2D eigenvalue weighted by molar-refractivity contribution is 0.0993. The van der Waals surface area contributed by atoms with E-state index in [1.807, 2.05) is 24.3 Å². The molecule has 17 heavy (non-hydrogen) atoms. The van der Waals surface area contributed by atoms with Crippen LogP contribution in [-0.2, 0) is 6.42 Å². The van der Waals surface area contributed by atoms with Crippen molar-refractivity contribution in [3.05, 3.63) is 52.0 Å². The van der Waals surface area contributed by atoms with Crippen LogP contribution in [0.25, 0.3) is 0 Å². The Morgan fingerprint density at radius 2 is 2.00 bits per heavy atom. The second-order valence-electron chi connectivity index (χ2n) is 4.34. The summed E-state index contributed by atoms with van der Waals surface area (Å²) in [4.78, 5) is 17.0. The van der Waals surface area contributed by atoms with E-state index in [4.69, 9.17) is 0 Å². The Labute approximate surface area is 105 Å². The highest BCUT2D eigenvalue weighted by Crippen LogP contribution is 2.16. The molecule has 2 rings (SSSR count). The summed E-state index contributed by atoms with van der Waals surface area (Å²) in [5.41, 5.74) is 3.80. The van der Waals surface area contributed by atoms with Gasteiger partial charge in [-0.3, -0.25) is 9.78 Å². The number of Topliss-reactive ketones (excluding diaryl/α,β-unsaturated/α-hetero) is 1. The van der Waals surface area contributed by atoms with E-state index in [0.717, 1.165) is 10.4 Å². The zero-order valence-electron chi connectivity index (χ0n) is 10.0. The van der Waals surface area contributed by atoms with Gasteiger partial charge >= 0.3 is 0 Å². The van der Waals surface area contributed by atoms with Crippen molar-refractivity contribution >= 4 is 17.1 Å². The van der Waals surface area contributed by atoms with Gasteiger partial charge in [0.05, 0.1) is 5.51 Å². The molecule has 0 aliphatic carbocycles. The average Bonchev–Trinajstić information content (AvgIpc) is 2.82. The molecule has 2 aromatic rings. The summed E-state index contributed by atoms with van der Waals surface area (Å²) >= 11 is 1.52. The van der Waals surface area contributed by atoms with Crippen LogP contribution >= 0.6 is 11.3 Å². The quantitative estimate of drug-likeness (QED) is 0.769. The third-order valence-electron chi connectivity index (χ3n) is 2.72. The van der Waals surface area contributed by atoms with Crippen LogP contribution < -0.4 is 0 Å². The Bertz CT molecular complexity index is 485. The third kappa shape index (κ3) is 3.01. The molecule has 0 atom stereocenters. The van der Waals surface area contributed by atoms with Crippen molar-refractivity contribution in [2.24, 2.45) is 0 Å². The van der Waals surface area contributed by atoms with E-state index >= 15 is 0 Å². The Morgan fingerprint density at radius 1 is 1.29 bits per heavy atom. The second kappa shape index (κ2) is 5.23. The molecule has 1 aromatic carbocycles. The number of rotatable bonds is 4. The summed E-state index contributed by atoms with van der Waals surface area (Å²) in [6.07, 6.45) is 2.21. The first-order valence-electron chi connectivity index (χ1n) is 5.67. The molecule has 0 spiro atoms. The summed E-state index contributed by atoms with van der Waals surface area (Å²) in [6, 6.07) is 7.90. The fourth-order valence-corrected chi connectivity index (χ4v) is 2.24. The number of thiazole rings is 1. The zero-order chi connectivity index (χ0) is 12.3. The second-order valence-corrected chi connectivity index (χ2v) is 5.32. The number of carbonyl (C=O) groups excluding carboxylic acids is 1. The largest absolute Gasteiger partial charge is 0.294 e. The van der Waals surface area contributed by atoms with E-state index in [-0.39, 0.29) is 5.78 Å². The molecule has 88 valence electrons. The van der Waals surface area contributed by atoms with Crippen molar-refractivity contribution < 1.29 is 4.79 Å². The summed E-state index contributed by atoms with van der Waals surface area (Å²) in [6.45, 7) is 4.29. The van der Waals surface area contributed by atoms with E-state index in [0.29, 0.717) is 12.3 Å². The van der Waals surface area contributed by atoms with Gasteiger partial charge < -0.3 is 0 Å². The van der Waals surface area contributed by atoms with Crippen molar-refractivity contribution in [2.45, 2.75) is 26.2 Å². The summed E-state index contributed by atoms with van der Waals surface area (Å²) in [5.74, 6) is 0.658. The van der Waals surface area contributed by atoms with Gasteiger partial charge in [-0.1, -0.05) is 38.1 Å². The smallest absolute Gasteiger partial charge is 0.168 e. The lowest BCUT2D eigenvalue weighted by Gasteiger charge is -2.05. The number of hydrogen-bond acceptors (Lipinski definition) is 3. The molecule has 0 aliphatic heterocycles. The molecular formula is C14H15NOS. The summed E-state index contributed by atoms with van der Waals surface area (Å²) in [5, 5.41) is 0. The van der Waals surface area contributed by atoms with Gasteiger partial charge in [-0.25, -0.2) is 0 Å². The van der Waals surface area contributed by atoms with Gasteiger partial charge in [0.15, 0.2) is 5.78 Å². The maximum atomic E-state index is 12.0. The predicted molar refractivity (Wildman–Crippen MR) is 70.7 cm³/mol. The first-order chi connectivity index (χ1) is 8.16. The van der Waals surface area contributed by atoms with Crippen molar-refractivity contribution in [3.63, 3.8) is 0 Å². The Morgan fingerprint density at radius 3 is 2.53 bits per heavy atom. The van der Waals surface area contributed by atoms with E-state index in [2.05, 4.69) is 18.8 Å². The standard InChI is InChI=1S/C14H15NOS/c1-10(2)11-3-5-12(6-4-11)14(16)7-13-8-15-9-17-13/h3-6,8-10H,7H2,1-2H3. The molecular weight excluding hydrogens is 230 g/mol. The van der Waals surface area contributed by atoms with Gasteiger partial charge in [0.1, 0.15) is 0 Å². The van der Waals surface area contributed by atoms with Gasteiger partial charge in [-0.2, -0.15) is 0 Å². The zero-order valence-corrected chi connectivity index (χ0v) is 10.8. The molecule has 0 radical (unpaired) electrons. The normalized spacial score (nSPS) is 10.8. The van der Waals surface area contributed by atoms with E-state index < -0.39 is 0 Å². The number of carbonyl (C=O) groups is 1. The number of benzene rings is 1. The summed E-state index contributed by atoms with van der Waals surface area (Å²) in [7, 11) is 0. The molecule has 0 amide bonds. The molecule has 0 saturated heterocycles. The Balaban J connectivity index is 2.09. The molecule has 0 N–H and O–H groups in total. The molecule has 0 unspecified atom stereocenters. The molecule has 0 saturated carbocycles. The van der Waals surface area contributed by atoms with Crippen molar-refractivity contribution in [1.29, 1.82) is 0 Å². The van der Waals surface area contributed by atoms with E-state index in [1.54, 1.807) is 11.7 Å². The Hall–Kier alpha value is -1.48. The first kappa shape index (κ1) is 12.0. The van der Waals surface area contributed by atoms with Crippen molar-refractivity contribution in [3.8, 4) is 0 Å². The number of nitrogens with zero attached hydrogens (tertiary/aromatic N) is 1. The van der Waals surface area contributed by atoms with E-state index in [9.17, 15) is 4.79 Å². The van der Waals surface area contributed by atoms with Gasteiger partial charge in [0.25, 0.3) is 0 Å². The van der Waals surface area contributed by atoms with Crippen LogP contribution in [0.15, 0.2) is 36.0 Å². The molecule has 0 aliphatic rings. The van der Waals surface area contributed by atoms with Gasteiger partial charge in [-0.15, -0.1) is 11.3 Å². The molecule has 0 fully saturated rings. The fourth-order valence-electron chi connectivity index (χ4n) is 1.64. The fraction of sp³-hybridized carbons (Fsp3) is 0.286. The molecule has 3 heteroatoms. The monoisotopic (exact) mass is 245 g/mol. The molecule has 2 nitrogen and oxygen atoms in total. The maximum Gasteiger partial charge on any atom is 0.168 e.